The van der Waals surface area contributed by atoms with Crippen LogP contribution in [0.25, 0.3) is 168 Å². The number of fused-ring (bicyclic) bond motifs is 7. The lowest BCUT2D eigenvalue weighted by Gasteiger charge is -2.36. The molecule has 2 N–H and O–H groups in total. The highest BCUT2D eigenvalue weighted by Gasteiger charge is 2.48. The van der Waals surface area contributed by atoms with Gasteiger partial charge in [-0.1, -0.05) is 267 Å². The second kappa shape index (κ2) is 29.5. The van der Waals surface area contributed by atoms with Crippen LogP contribution < -0.4 is 9.47 Å². The number of benzene rings is 16. The van der Waals surface area contributed by atoms with Gasteiger partial charge in [0.05, 0.1) is 62.8 Å². The Hall–Kier alpha value is -15.1. The predicted molar refractivity (Wildman–Crippen MR) is 471 cm³/mol. The number of ether oxygens (including phenoxy) is 2. The highest BCUT2D eigenvalue weighted by atomic mass is 16.5. The van der Waals surface area contributed by atoms with Crippen LogP contribution in [0.4, 0.5) is 0 Å². The molecule has 0 unspecified atom stereocenters. The minimum Gasteiger partial charge on any atom is -0.490 e. The normalized spacial score (nSPS) is 12.2. The minimum atomic E-state index is -1.12. The zero-order valence-corrected chi connectivity index (χ0v) is 63.6. The SMILES string of the molecule is OCCOc1c(-c2ccc(-c3nc4ccccc4n3-c3ccccc3)cc2)cc(C2(c3cc(-c4ccc(-c5nc6ccccc6n5-c5ccccc5)cc4)c(OCCO)c(-c4ccc(-c5nc6ccccc6n5-c5ccccc5)cc4)c3)c3ccccc3-c3ccccc32)cc1-c1ccc(-c2nc3ccccc3n2-c2ccccc2)cc1. The third kappa shape index (κ3) is 12.0. The van der Waals surface area contributed by atoms with E-state index in [2.05, 4.69) is 358 Å². The second-order valence-corrected chi connectivity index (χ2v) is 29.5. The summed E-state index contributed by atoms with van der Waals surface area (Å²) in [5, 5.41) is 22.1. The molecular weight excluding hydrogens is 1440 g/mol. The summed E-state index contributed by atoms with van der Waals surface area (Å²) in [5.74, 6) is 4.43. The van der Waals surface area contributed by atoms with Gasteiger partial charge in [-0.25, -0.2) is 19.9 Å². The van der Waals surface area contributed by atoms with Crippen LogP contribution in [0.1, 0.15) is 22.3 Å². The van der Waals surface area contributed by atoms with Gasteiger partial charge in [0.1, 0.15) is 48.0 Å². The Labute approximate surface area is 675 Å². The first-order valence-corrected chi connectivity index (χ1v) is 39.5. The van der Waals surface area contributed by atoms with Crippen molar-refractivity contribution in [2.24, 2.45) is 0 Å². The fraction of sp³-hybridized carbons (Fsp3) is 0.0476. The van der Waals surface area contributed by atoms with E-state index in [1.165, 1.54) is 0 Å². The zero-order valence-electron chi connectivity index (χ0n) is 63.6. The molecule has 0 fully saturated rings. The van der Waals surface area contributed by atoms with Crippen LogP contribution in [0.15, 0.2) is 388 Å². The Morgan fingerprint density at radius 1 is 0.231 bits per heavy atom. The molecular formula is C105H74N8O4. The minimum absolute atomic E-state index is 0.0171. The number of imidazole rings is 4. The number of para-hydroxylation sites is 12. The summed E-state index contributed by atoms with van der Waals surface area (Å²) in [4.78, 5) is 21.3. The molecule has 1 aliphatic carbocycles. The standard InChI is InChI=1S/C105H74N8O4/c114-61-63-116-99-85(69-45-53-73(54-46-69)101-106-91-37-17-21-41-95(91)110(101)79-25-5-1-6-26-79)65-77(66-86(99)70-47-55-74(56-48-70)102-107-92-38-18-22-42-96(92)111(102)80-27-7-2-8-28-80)105(89-35-15-13-33-83(89)84-34-14-16-36-90(84)105)78-67-87(71-49-57-75(58-50-71)103-108-93-39-19-23-43-97(93)112(103)81-29-9-3-10-30-81)100(117-64-62-115)88(68-78)72-51-59-76(60-52-72)104-109-94-40-20-24-44-98(94)113(104)82-31-11-4-12-32-82/h1-60,65-68,114-115H,61-64H2. The number of nitrogens with zero attached hydrogens (tertiary/aromatic N) is 8. The fourth-order valence-electron chi connectivity index (χ4n) is 17.6. The molecule has 0 saturated carbocycles. The smallest absolute Gasteiger partial charge is 0.145 e. The van der Waals surface area contributed by atoms with Crippen molar-refractivity contribution in [1.82, 2.24) is 38.2 Å². The van der Waals surface area contributed by atoms with E-state index in [1.54, 1.807) is 0 Å². The van der Waals surface area contributed by atoms with Gasteiger partial charge < -0.3 is 19.7 Å². The molecule has 0 aliphatic heterocycles. The fourth-order valence-corrected chi connectivity index (χ4v) is 17.6. The van der Waals surface area contributed by atoms with E-state index in [0.29, 0.717) is 11.5 Å². The third-order valence-corrected chi connectivity index (χ3v) is 22.8. The molecule has 4 aromatic heterocycles. The monoisotopic (exact) mass is 1510 g/mol. The molecule has 0 atom stereocenters. The first kappa shape index (κ1) is 69.8. The number of aliphatic hydroxyl groups is 2. The van der Waals surface area contributed by atoms with Crippen LogP contribution in [0.5, 0.6) is 11.5 Å². The average molecular weight is 1510 g/mol. The first-order valence-electron chi connectivity index (χ1n) is 39.5. The summed E-state index contributed by atoms with van der Waals surface area (Å²) in [5.41, 5.74) is 27.2. The van der Waals surface area contributed by atoms with E-state index in [4.69, 9.17) is 29.4 Å². The molecule has 21 rings (SSSR count). The molecule has 117 heavy (non-hydrogen) atoms. The molecule has 12 heteroatoms. The number of rotatable bonds is 20. The van der Waals surface area contributed by atoms with Crippen LogP contribution in [0.2, 0.25) is 0 Å². The summed E-state index contributed by atoms with van der Waals surface area (Å²) in [7, 11) is 0. The van der Waals surface area contributed by atoms with Crippen LogP contribution in [0, 0.1) is 0 Å². The van der Waals surface area contributed by atoms with Gasteiger partial charge in [-0.2, -0.15) is 0 Å². The zero-order chi connectivity index (χ0) is 77.9. The average Bonchev–Trinajstić information content (AvgIpc) is 1.57. The van der Waals surface area contributed by atoms with Crippen molar-refractivity contribution in [1.29, 1.82) is 0 Å². The predicted octanol–water partition coefficient (Wildman–Crippen LogP) is 23.5. The van der Waals surface area contributed by atoms with E-state index in [0.717, 1.165) is 190 Å². The maximum Gasteiger partial charge on any atom is 0.145 e. The van der Waals surface area contributed by atoms with Crippen molar-refractivity contribution in [3.63, 3.8) is 0 Å². The first-order chi connectivity index (χ1) is 57.9. The molecule has 4 heterocycles. The van der Waals surface area contributed by atoms with Crippen molar-refractivity contribution in [2.45, 2.75) is 5.41 Å². The Balaban J connectivity index is 0.826. The van der Waals surface area contributed by atoms with Gasteiger partial charge in [0, 0.05) is 67.3 Å². The highest BCUT2D eigenvalue weighted by Crippen LogP contribution is 2.60. The molecule has 0 bridgehead atoms. The molecule has 12 nitrogen and oxygen atoms in total. The van der Waals surface area contributed by atoms with Crippen molar-refractivity contribution in [3.05, 3.63) is 411 Å². The van der Waals surface area contributed by atoms with Gasteiger partial charge in [0.2, 0.25) is 0 Å². The van der Waals surface area contributed by atoms with Crippen LogP contribution in [0.3, 0.4) is 0 Å². The van der Waals surface area contributed by atoms with Gasteiger partial charge in [-0.15, -0.1) is 0 Å². The van der Waals surface area contributed by atoms with Crippen molar-refractivity contribution in [3.8, 4) is 135 Å². The molecule has 0 spiro atoms. The second-order valence-electron chi connectivity index (χ2n) is 29.5. The topological polar surface area (TPSA) is 130 Å². The van der Waals surface area contributed by atoms with Gasteiger partial charge in [-0.05, 0) is 177 Å². The Morgan fingerprint density at radius 2 is 0.453 bits per heavy atom. The molecule has 20 aromatic rings. The summed E-state index contributed by atoms with van der Waals surface area (Å²) in [6, 6.07) is 136. The summed E-state index contributed by atoms with van der Waals surface area (Å²) < 4.78 is 23.2. The quantitative estimate of drug-likeness (QED) is 0.0772. The lowest BCUT2D eigenvalue weighted by molar-refractivity contribution is 0.202. The highest BCUT2D eigenvalue weighted by molar-refractivity contribution is 5.95. The van der Waals surface area contributed by atoms with Crippen LogP contribution in [-0.4, -0.2) is 74.8 Å². The number of aliphatic hydroxyl groups excluding tert-OH is 2. The Morgan fingerprint density at radius 3 is 0.709 bits per heavy atom. The third-order valence-electron chi connectivity index (χ3n) is 22.8. The summed E-state index contributed by atoms with van der Waals surface area (Å²) >= 11 is 0. The van der Waals surface area contributed by atoms with Gasteiger partial charge >= 0.3 is 0 Å². The molecule has 558 valence electrons. The van der Waals surface area contributed by atoms with E-state index in [9.17, 15) is 10.2 Å². The largest absolute Gasteiger partial charge is 0.490 e. The Bertz CT molecular complexity index is 6330. The summed E-state index contributed by atoms with van der Waals surface area (Å²) in [6.07, 6.45) is 0. The van der Waals surface area contributed by atoms with E-state index in [-0.39, 0.29) is 26.4 Å². The summed E-state index contributed by atoms with van der Waals surface area (Å²) in [6.45, 7) is -0.424. The van der Waals surface area contributed by atoms with Gasteiger partial charge in [0.15, 0.2) is 0 Å². The van der Waals surface area contributed by atoms with Crippen molar-refractivity contribution >= 4 is 44.1 Å². The van der Waals surface area contributed by atoms with Gasteiger partial charge in [-0.3, -0.25) is 18.3 Å². The van der Waals surface area contributed by atoms with Crippen LogP contribution in [-0.2, 0) is 5.41 Å². The van der Waals surface area contributed by atoms with E-state index < -0.39 is 5.41 Å². The number of aromatic nitrogens is 8. The van der Waals surface area contributed by atoms with Gasteiger partial charge in [0.25, 0.3) is 0 Å². The maximum atomic E-state index is 11.0. The maximum absolute atomic E-state index is 11.0. The van der Waals surface area contributed by atoms with Crippen molar-refractivity contribution < 1.29 is 19.7 Å². The molecule has 0 saturated heterocycles. The van der Waals surface area contributed by atoms with Crippen molar-refractivity contribution in [2.75, 3.05) is 26.4 Å². The van der Waals surface area contributed by atoms with Crippen LogP contribution >= 0.6 is 0 Å². The molecule has 0 radical (unpaired) electrons. The lowest BCUT2D eigenvalue weighted by atomic mass is 9.66. The molecule has 1 aliphatic rings. The lowest BCUT2D eigenvalue weighted by Crippen LogP contribution is -2.29. The number of hydrogen-bond donors (Lipinski definition) is 2. The van der Waals surface area contributed by atoms with E-state index in [1.807, 2.05) is 48.5 Å². The molecule has 16 aromatic carbocycles. The Kier molecular flexibility index (Phi) is 17.6. The molecule has 0 amide bonds. The number of hydrogen-bond acceptors (Lipinski definition) is 8. The van der Waals surface area contributed by atoms with E-state index >= 15 is 0 Å².